The first kappa shape index (κ1) is 69.8. The number of aromatic nitrogens is 10. The number of carbonyl (C=O) groups excluding carboxylic acids is 2. The summed E-state index contributed by atoms with van der Waals surface area (Å²) < 4.78 is 21.2. The highest BCUT2D eigenvalue weighted by molar-refractivity contribution is 6.07. The second-order valence-corrected chi connectivity index (χ2v) is 26.0. The van der Waals surface area contributed by atoms with Gasteiger partial charge in [0, 0.05) is 75.0 Å². The van der Waals surface area contributed by atoms with Gasteiger partial charge in [-0.2, -0.15) is 10.2 Å². The molecule has 0 bridgehead atoms. The van der Waals surface area contributed by atoms with E-state index in [1.165, 1.54) is 0 Å². The van der Waals surface area contributed by atoms with Crippen molar-refractivity contribution in [2.24, 2.45) is 0 Å². The maximum absolute atomic E-state index is 13.4. The van der Waals surface area contributed by atoms with Crippen LogP contribution >= 0.6 is 0 Å². The summed E-state index contributed by atoms with van der Waals surface area (Å²) in [5, 5.41) is 28.5. The molecule has 0 saturated carbocycles. The van der Waals surface area contributed by atoms with Gasteiger partial charge < -0.3 is 35.9 Å². The Morgan fingerprint density at radius 2 is 0.931 bits per heavy atom. The van der Waals surface area contributed by atoms with Crippen molar-refractivity contribution in [3.05, 3.63) is 270 Å². The summed E-state index contributed by atoms with van der Waals surface area (Å²) in [6, 6.07) is 59.4. The molecule has 7 aromatic carbocycles. The Morgan fingerprint density at radius 1 is 0.475 bits per heavy atom. The number of carbonyl (C=O) groups is 2. The molecule has 0 saturated heterocycles. The van der Waals surface area contributed by atoms with Crippen molar-refractivity contribution in [2.75, 3.05) is 32.3 Å². The van der Waals surface area contributed by atoms with Crippen LogP contribution in [0.1, 0.15) is 100 Å². The molecule has 3 amide bonds. The Hall–Kier alpha value is -12.5. The lowest BCUT2D eigenvalue weighted by molar-refractivity contribution is 0.215. The molecular formula is C80H82N16O5. The Kier molecular flexibility index (Phi) is 22.0. The molecule has 0 aliphatic heterocycles. The predicted octanol–water partition coefficient (Wildman–Crippen LogP) is 17.9. The molecule has 13 rings (SSSR count). The maximum Gasteiger partial charge on any atom is 0.418 e. The molecule has 6 heterocycles. The topological polar surface area (TPSA) is 261 Å². The van der Waals surface area contributed by atoms with E-state index in [2.05, 4.69) is 103 Å². The molecule has 6 aromatic heterocycles. The van der Waals surface area contributed by atoms with Gasteiger partial charge in [0.05, 0.1) is 52.2 Å². The molecule has 0 aliphatic carbocycles. The fraction of sp³-hybridized carbons (Fsp3) is 0.200. The van der Waals surface area contributed by atoms with Crippen LogP contribution in [0.15, 0.2) is 225 Å². The number of rotatable bonds is 18. The minimum absolute atomic E-state index is 0.143. The first-order valence-corrected chi connectivity index (χ1v) is 33.3. The number of nitrogens with one attached hydrogen (secondary N) is 5. The average molecular weight is 1350 g/mol. The number of nitrogen functional groups attached to an aromatic ring is 1. The minimum Gasteiger partial charge on any atom is -0.488 e. The molecule has 21 heteroatoms. The van der Waals surface area contributed by atoms with E-state index in [1.807, 2.05) is 204 Å². The highest BCUT2D eigenvalue weighted by Crippen LogP contribution is 2.35. The number of ether oxygens (including phenoxy) is 3. The normalized spacial score (nSPS) is 11.1. The van der Waals surface area contributed by atoms with Crippen LogP contribution in [-0.4, -0.2) is 61.6 Å². The Morgan fingerprint density at radius 3 is 1.43 bits per heavy atom. The van der Waals surface area contributed by atoms with Crippen LogP contribution in [0.3, 0.4) is 0 Å². The van der Waals surface area contributed by atoms with Crippen LogP contribution in [0, 0.1) is 13.8 Å². The quantitative estimate of drug-likeness (QED) is 0.0436. The van der Waals surface area contributed by atoms with Crippen molar-refractivity contribution in [1.29, 1.82) is 0 Å². The van der Waals surface area contributed by atoms with E-state index >= 15 is 0 Å². The van der Waals surface area contributed by atoms with Crippen LogP contribution in [-0.2, 0) is 36.9 Å². The van der Waals surface area contributed by atoms with E-state index in [-0.39, 0.29) is 16.9 Å². The number of fused-ring (bicyclic) bond motifs is 2. The molecule has 21 nitrogen and oxygen atoms in total. The molecular weight excluding hydrogens is 1260 g/mol. The summed E-state index contributed by atoms with van der Waals surface area (Å²) >= 11 is 0. The average Bonchev–Trinajstić information content (AvgIpc) is 1.79. The summed E-state index contributed by atoms with van der Waals surface area (Å²) in [5.74, 6) is 5.81. The van der Waals surface area contributed by atoms with Crippen LogP contribution in [0.5, 0.6) is 17.2 Å². The van der Waals surface area contributed by atoms with Gasteiger partial charge in [-0.1, -0.05) is 158 Å². The van der Waals surface area contributed by atoms with Gasteiger partial charge in [0.1, 0.15) is 65.4 Å². The standard InChI is InChI=1S/C37H38N8O2.C22H21N5O.C21H23N3O2/c1-6-26-21-38-22-34(40-26)42-33-19-25(17-18-39-33)23-47-31-16-15-30(28-9-7-8-10-29(28)31)41-36(46)43-35-20-32(37(3,4)5)44-45(35)27-13-11-24(2)12-14-27;1-2-16-12-24-13-22(26-16)27-21-11-15(9-10-25-21)14-28-20-8-7-19(23)17-5-3-4-6-18(17)20;1-15-10-12-16(13-11-15)24-19(14-18(23-24)21(2,3)4)22-20(25)26-17-8-6-5-7-9-17/h7-22H,6,23H2,1-5H3,(H,39,40,42)(H2,41,43,46);3-13H,2,14,23H2,1H3,(H,25,26,27);5-14H,1-4H3,(H,22,25). The number of hydrogen-bond donors (Lipinski definition) is 6. The Labute approximate surface area is 587 Å². The Balaban J connectivity index is 0.000000163. The number of urea groups is 1. The van der Waals surface area contributed by atoms with E-state index in [9.17, 15) is 9.59 Å². The van der Waals surface area contributed by atoms with E-state index in [0.717, 1.165) is 102 Å². The molecule has 0 unspecified atom stereocenters. The van der Waals surface area contributed by atoms with E-state index < -0.39 is 6.09 Å². The van der Waals surface area contributed by atoms with Crippen molar-refractivity contribution in [3.63, 3.8) is 0 Å². The molecule has 13 aromatic rings. The zero-order valence-corrected chi connectivity index (χ0v) is 58.3. The number of nitrogens with two attached hydrogens (primary N) is 1. The van der Waals surface area contributed by atoms with Gasteiger partial charge in [-0.05, 0) is 123 Å². The van der Waals surface area contributed by atoms with Gasteiger partial charge >= 0.3 is 12.1 Å². The van der Waals surface area contributed by atoms with Crippen molar-refractivity contribution in [3.8, 4) is 28.6 Å². The third-order valence-corrected chi connectivity index (χ3v) is 16.0. The number of benzene rings is 7. The zero-order valence-electron chi connectivity index (χ0n) is 58.3. The molecule has 0 atom stereocenters. The summed E-state index contributed by atoms with van der Waals surface area (Å²) in [6.07, 6.45) is 11.4. The number of anilines is 8. The number of nitrogens with zero attached hydrogens (tertiary/aromatic N) is 10. The summed E-state index contributed by atoms with van der Waals surface area (Å²) in [4.78, 5) is 52.0. The monoisotopic (exact) mass is 1350 g/mol. The number of hydrogen-bond acceptors (Lipinski definition) is 16. The molecule has 7 N–H and O–H groups in total. The van der Waals surface area contributed by atoms with Crippen molar-refractivity contribution < 1.29 is 23.8 Å². The predicted molar refractivity (Wildman–Crippen MR) is 402 cm³/mol. The first-order chi connectivity index (χ1) is 48.7. The van der Waals surface area contributed by atoms with Crippen molar-refractivity contribution >= 4 is 80.0 Å². The fourth-order valence-electron chi connectivity index (χ4n) is 10.5. The zero-order chi connectivity index (χ0) is 71.0. The van der Waals surface area contributed by atoms with E-state index in [1.54, 1.807) is 58.7 Å². The first-order valence-electron chi connectivity index (χ1n) is 33.3. The molecule has 0 radical (unpaired) electrons. The van der Waals surface area contributed by atoms with E-state index in [4.69, 9.17) is 25.0 Å². The summed E-state index contributed by atoms with van der Waals surface area (Å²) in [7, 11) is 0. The number of para-hydroxylation sites is 1. The third kappa shape index (κ3) is 18.6. The van der Waals surface area contributed by atoms with Crippen LogP contribution in [0.25, 0.3) is 32.9 Å². The smallest absolute Gasteiger partial charge is 0.418 e. The minimum atomic E-state index is -0.551. The molecule has 0 fully saturated rings. The second-order valence-electron chi connectivity index (χ2n) is 26.0. The number of pyridine rings is 2. The van der Waals surface area contributed by atoms with Gasteiger partial charge in [0.15, 0.2) is 0 Å². The molecule has 0 spiro atoms. The van der Waals surface area contributed by atoms with Gasteiger partial charge in [-0.25, -0.2) is 38.9 Å². The number of amides is 3. The number of aryl methyl sites for hydroxylation is 4. The molecule has 101 heavy (non-hydrogen) atoms. The lowest BCUT2D eigenvalue weighted by Crippen LogP contribution is -2.21. The van der Waals surface area contributed by atoms with Gasteiger partial charge in [0.25, 0.3) is 0 Å². The largest absolute Gasteiger partial charge is 0.488 e. The second kappa shape index (κ2) is 31.8. The van der Waals surface area contributed by atoms with Crippen LogP contribution in [0.2, 0.25) is 0 Å². The van der Waals surface area contributed by atoms with Gasteiger partial charge in [-0.3, -0.25) is 20.6 Å². The molecule has 512 valence electrons. The van der Waals surface area contributed by atoms with Gasteiger partial charge in [-0.15, -0.1) is 0 Å². The maximum atomic E-state index is 13.4. The lowest BCUT2D eigenvalue weighted by atomic mass is 9.92. The van der Waals surface area contributed by atoms with Crippen molar-refractivity contribution in [1.82, 2.24) is 49.5 Å². The van der Waals surface area contributed by atoms with Crippen LogP contribution in [0.4, 0.5) is 55.9 Å². The SMILES string of the molecule is CCc1cncc(Nc2cc(COc3ccc(N)c4ccccc34)ccn2)n1.CCc1cncc(Nc2cc(COc3ccc(NC(=O)Nc4cc(C(C)(C)C)nn4-c4ccc(C)cc4)c4ccccc34)ccn2)n1.Cc1ccc(-n2nc(C(C)(C)C)cc2NC(=O)Oc2ccccc2)cc1. The van der Waals surface area contributed by atoms with E-state index in [0.29, 0.717) is 65.3 Å². The van der Waals surface area contributed by atoms with Crippen LogP contribution < -0.4 is 46.5 Å². The summed E-state index contributed by atoms with van der Waals surface area (Å²) in [6.45, 7) is 21.5. The highest BCUT2D eigenvalue weighted by Gasteiger charge is 2.24. The summed E-state index contributed by atoms with van der Waals surface area (Å²) in [5.41, 5.74) is 16.7. The van der Waals surface area contributed by atoms with Crippen molar-refractivity contribution in [2.45, 2.75) is 106 Å². The Bertz CT molecular complexity index is 4990. The van der Waals surface area contributed by atoms with Gasteiger partial charge in [0.2, 0.25) is 0 Å². The third-order valence-electron chi connectivity index (χ3n) is 16.0. The fourth-order valence-corrected chi connectivity index (χ4v) is 10.5. The lowest BCUT2D eigenvalue weighted by Gasteiger charge is -2.15. The highest BCUT2D eigenvalue weighted by atomic mass is 16.6. The molecule has 0 aliphatic rings.